The summed E-state index contributed by atoms with van der Waals surface area (Å²) in [5.74, 6) is -0.282. The maximum absolute atomic E-state index is 12.3. The van der Waals surface area contributed by atoms with Crippen molar-refractivity contribution >= 4 is 23.7 Å². The second-order valence-electron chi connectivity index (χ2n) is 6.29. The molecule has 2 aromatic rings. The Hall–Kier alpha value is -3.43. The molecule has 2 amide bonds. The molecule has 9 nitrogen and oxygen atoms in total. The lowest BCUT2D eigenvalue weighted by Crippen LogP contribution is -2.23. The van der Waals surface area contributed by atoms with Crippen molar-refractivity contribution in [1.29, 1.82) is 0 Å². The van der Waals surface area contributed by atoms with Crippen LogP contribution >= 0.6 is 0 Å². The summed E-state index contributed by atoms with van der Waals surface area (Å²) in [5.41, 5.74) is 1.83. The van der Waals surface area contributed by atoms with Crippen molar-refractivity contribution < 1.29 is 33.3 Å². The van der Waals surface area contributed by atoms with Gasteiger partial charge in [0.2, 0.25) is 5.91 Å². The molecule has 0 aromatic heterocycles. The number of carbonyl (C=O) groups excluding carboxylic acids is 3. The highest BCUT2D eigenvalue weighted by molar-refractivity contribution is 5.94. The second-order valence-corrected chi connectivity index (χ2v) is 6.29. The number of hydrogen-bond acceptors (Lipinski definition) is 7. The summed E-state index contributed by atoms with van der Waals surface area (Å²) in [7, 11) is 1.56. The lowest BCUT2D eigenvalue weighted by Gasteiger charge is -2.10. The number of carbonyl (C=O) groups is 3. The van der Waals surface area contributed by atoms with Gasteiger partial charge in [-0.15, -0.1) is 0 Å². The minimum absolute atomic E-state index is 0.0692. The number of hydrogen-bond donors (Lipinski definition) is 2. The molecule has 2 aromatic carbocycles. The van der Waals surface area contributed by atoms with Gasteiger partial charge in [-0.1, -0.05) is 12.1 Å². The maximum Gasteiger partial charge on any atom is 0.513 e. The zero-order valence-electron chi connectivity index (χ0n) is 17.5. The summed E-state index contributed by atoms with van der Waals surface area (Å²) in [6.07, 6.45) is -0.798. The van der Waals surface area contributed by atoms with Crippen molar-refractivity contribution in [3.05, 3.63) is 59.7 Å². The lowest BCUT2D eigenvalue weighted by molar-refractivity contribution is -0.121. The van der Waals surface area contributed by atoms with Gasteiger partial charge in [0, 0.05) is 24.9 Å². The van der Waals surface area contributed by atoms with E-state index in [9.17, 15) is 14.4 Å². The smallest absolute Gasteiger partial charge is 0.434 e. The van der Waals surface area contributed by atoms with Gasteiger partial charge >= 0.3 is 6.16 Å². The van der Waals surface area contributed by atoms with E-state index in [0.29, 0.717) is 24.5 Å². The van der Waals surface area contributed by atoms with Crippen molar-refractivity contribution in [2.75, 3.05) is 38.9 Å². The zero-order valence-corrected chi connectivity index (χ0v) is 17.5. The minimum Gasteiger partial charge on any atom is -0.434 e. The fourth-order valence-electron chi connectivity index (χ4n) is 2.47. The van der Waals surface area contributed by atoms with Crippen LogP contribution in [-0.2, 0) is 25.5 Å². The average molecular weight is 430 g/mol. The molecular formula is C22H26N2O7. The van der Waals surface area contributed by atoms with Crippen LogP contribution in [0.25, 0.3) is 0 Å². The van der Waals surface area contributed by atoms with Crippen LogP contribution in [0.2, 0.25) is 0 Å². The maximum atomic E-state index is 12.3. The first-order chi connectivity index (χ1) is 15.0. The minimum atomic E-state index is -0.798. The summed E-state index contributed by atoms with van der Waals surface area (Å²) < 4.78 is 19.7. The molecule has 0 unspecified atom stereocenters. The van der Waals surface area contributed by atoms with Crippen LogP contribution in [0.15, 0.2) is 48.5 Å². The average Bonchev–Trinajstić information content (AvgIpc) is 2.76. The third-order valence-electron chi connectivity index (χ3n) is 3.91. The molecule has 9 heteroatoms. The summed E-state index contributed by atoms with van der Waals surface area (Å²) >= 11 is 0. The Morgan fingerprint density at radius 3 is 2.48 bits per heavy atom. The molecule has 0 heterocycles. The first-order valence-electron chi connectivity index (χ1n) is 9.70. The van der Waals surface area contributed by atoms with Crippen LogP contribution in [-0.4, -0.2) is 51.5 Å². The molecule has 2 N–H and O–H groups in total. The van der Waals surface area contributed by atoms with Crippen LogP contribution in [0, 0.1) is 0 Å². The van der Waals surface area contributed by atoms with Crippen molar-refractivity contribution in [1.82, 2.24) is 5.32 Å². The molecule has 2 rings (SSSR count). The summed E-state index contributed by atoms with van der Waals surface area (Å²) in [6, 6.07) is 13.2. The molecule has 0 bridgehead atoms. The fourth-order valence-corrected chi connectivity index (χ4v) is 2.47. The van der Waals surface area contributed by atoms with Crippen LogP contribution in [0.5, 0.6) is 5.75 Å². The number of amides is 2. The molecule has 0 aliphatic rings. The van der Waals surface area contributed by atoms with E-state index in [-0.39, 0.29) is 37.3 Å². The fraction of sp³-hybridized carbons (Fsp3) is 0.318. The highest BCUT2D eigenvalue weighted by Crippen LogP contribution is 2.14. The number of anilines is 1. The molecule has 0 aliphatic heterocycles. The van der Waals surface area contributed by atoms with E-state index in [4.69, 9.17) is 18.9 Å². The first-order valence-corrected chi connectivity index (χ1v) is 9.70. The van der Waals surface area contributed by atoms with Gasteiger partial charge in [-0.2, -0.15) is 0 Å². The summed E-state index contributed by atoms with van der Waals surface area (Å²) in [4.78, 5) is 35.5. The highest BCUT2D eigenvalue weighted by Gasteiger charge is 2.09. The van der Waals surface area contributed by atoms with Gasteiger partial charge in [-0.05, 0) is 48.9 Å². The van der Waals surface area contributed by atoms with Gasteiger partial charge in [-0.3, -0.25) is 9.59 Å². The van der Waals surface area contributed by atoms with E-state index in [1.807, 2.05) is 6.07 Å². The molecular weight excluding hydrogens is 404 g/mol. The molecule has 166 valence electrons. The number of ether oxygens (including phenoxy) is 4. The highest BCUT2D eigenvalue weighted by atomic mass is 16.7. The standard InChI is InChI=1S/C22H26N2O7/c1-3-30-22(27)31-19-9-7-17(8-10-19)21(26)23-14-16-5-4-6-18(13-16)24-20(25)15-29-12-11-28-2/h4-10,13H,3,11-12,14-15H2,1-2H3,(H,23,26)(H,24,25). The molecule has 0 atom stereocenters. The third-order valence-corrected chi connectivity index (χ3v) is 3.91. The molecule has 0 saturated heterocycles. The SMILES string of the molecule is CCOC(=O)Oc1ccc(C(=O)NCc2cccc(NC(=O)COCCOC)c2)cc1. The largest absolute Gasteiger partial charge is 0.513 e. The number of nitrogens with one attached hydrogen (secondary N) is 2. The normalized spacial score (nSPS) is 10.3. The van der Waals surface area contributed by atoms with Crippen molar-refractivity contribution in [3.8, 4) is 5.75 Å². The number of rotatable bonds is 11. The van der Waals surface area contributed by atoms with Crippen LogP contribution in [0.1, 0.15) is 22.8 Å². The van der Waals surface area contributed by atoms with Crippen molar-refractivity contribution in [2.45, 2.75) is 13.5 Å². The van der Waals surface area contributed by atoms with E-state index in [2.05, 4.69) is 10.6 Å². The van der Waals surface area contributed by atoms with E-state index in [0.717, 1.165) is 5.56 Å². The number of methoxy groups -OCH3 is 1. The Morgan fingerprint density at radius 1 is 1.00 bits per heavy atom. The monoisotopic (exact) mass is 430 g/mol. The molecule has 31 heavy (non-hydrogen) atoms. The van der Waals surface area contributed by atoms with E-state index in [1.165, 1.54) is 12.1 Å². The lowest BCUT2D eigenvalue weighted by atomic mass is 10.1. The molecule has 0 spiro atoms. The predicted octanol–water partition coefficient (Wildman–Crippen LogP) is 2.75. The Labute approximate surface area is 180 Å². The van der Waals surface area contributed by atoms with Gasteiger partial charge in [0.05, 0.1) is 19.8 Å². The topological polar surface area (TPSA) is 112 Å². The molecule has 0 saturated carbocycles. The Bertz CT molecular complexity index is 868. The van der Waals surface area contributed by atoms with Gasteiger partial charge in [0.25, 0.3) is 5.91 Å². The summed E-state index contributed by atoms with van der Waals surface area (Å²) in [6.45, 7) is 2.85. The van der Waals surface area contributed by atoms with E-state index in [1.54, 1.807) is 44.4 Å². The van der Waals surface area contributed by atoms with Gasteiger partial charge in [0.1, 0.15) is 12.4 Å². The Balaban J connectivity index is 1.83. The van der Waals surface area contributed by atoms with Crippen molar-refractivity contribution in [2.24, 2.45) is 0 Å². The third kappa shape index (κ3) is 8.85. The van der Waals surface area contributed by atoms with E-state index >= 15 is 0 Å². The van der Waals surface area contributed by atoms with E-state index < -0.39 is 6.16 Å². The van der Waals surface area contributed by atoms with Gasteiger partial charge in [-0.25, -0.2) is 4.79 Å². The first kappa shape index (κ1) is 23.8. The Kier molecular flexibility index (Phi) is 9.99. The predicted molar refractivity (Wildman–Crippen MR) is 113 cm³/mol. The van der Waals surface area contributed by atoms with Gasteiger partial charge < -0.3 is 29.6 Å². The van der Waals surface area contributed by atoms with Crippen molar-refractivity contribution in [3.63, 3.8) is 0 Å². The number of benzene rings is 2. The summed E-state index contributed by atoms with van der Waals surface area (Å²) in [5, 5.41) is 5.54. The molecule has 0 radical (unpaired) electrons. The van der Waals surface area contributed by atoms with Crippen LogP contribution < -0.4 is 15.4 Å². The molecule has 0 aliphatic carbocycles. The Morgan fingerprint density at radius 2 is 1.77 bits per heavy atom. The molecule has 0 fully saturated rings. The zero-order chi connectivity index (χ0) is 22.5. The second kappa shape index (κ2) is 13.0. The van der Waals surface area contributed by atoms with Crippen LogP contribution in [0.3, 0.4) is 0 Å². The quantitative estimate of drug-likeness (QED) is 0.320. The van der Waals surface area contributed by atoms with Gasteiger partial charge in [0.15, 0.2) is 0 Å². The van der Waals surface area contributed by atoms with Crippen LogP contribution in [0.4, 0.5) is 10.5 Å².